The summed E-state index contributed by atoms with van der Waals surface area (Å²) in [5.41, 5.74) is 2.70. The van der Waals surface area contributed by atoms with Crippen molar-refractivity contribution in [1.82, 2.24) is 5.32 Å². The maximum atomic E-state index is 3.77. The zero-order valence-corrected chi connectivity index (χ0v) is 10.7. The Labute approximate surface area is 109 Å². The van der Waals surface area contributed by atoms with Crippen molar-refractivity contribution in [2.24, 2.45) is 5.92 Å². The van der Waals surface area contributed by atoms with Gasteiger partial charge in [0.15, 0.2) is 0 Å². The maximum absolute atomic E-state index is 3.77. The van der Waals surface area contributed by atoms with Crippen LogP contribution >= 0.6 is 0 Å². The van der Waals surface area contributed by atoms with Crippen LogP contribution < -0.4 is 5.32 Å². The smallest absolute Gasteiger partial charge is 0.0578 e. The molecule has 0 bridgehead atoms. The first-order valence-corrected chi connectivity index (χ1v) is 6.70. The molecule has 2 aromatic carbocycles. The minimum Gasteiger partial charge on any atom is -0.303 e. The first-order valence-electron chi connectivity index (χ1n) is 6.70. The SMILES string of the molecule is CC1CC1NC(c1ccccc1)c1ccccc1. The molecule has 2 unspecified atom stereocenters. The van der Waals surface area contributed by atoms with Crippen LogP contribution in [0.25, 0.3) is 0 Å². The minimum absolute atomic E-state index is 0.322. The Kier molecular flexibility index (Phi) is 3.16. The van der Waals surface area contributed by atoms with Gasteiger partial charge in [0.1, 0.15) is 0 Å². The summed E-state index contributed by atoms with van der Waals surface area (Å²) < 4.78 is 0. The van der Waals surface area contributed by atoms with E-state index in [1.165, 1.54) is 17.5 Å². The van der Waals surface area contributed by atoms with E-state index in [2.05, 4.69) is 72.9 Å². The molecule has 1 nitrogen and oxygen atoms in total. The average molecular weight is 237 g/mol. The van der Waals surface area contributed by atoms with E-state index < -0.39 is 0 Å². The second kappa shape index (κ2) is 4.95. The third kappa shape index (κ3) is 2.46. The van der Waals surface area contributed by atoms with Gasteiger partial charge in [0.05, 0.1) is 6.04 Å². The number of rotatable bonds is 4. The van der Waals surface area contributed by atoms with Crippen molar-refractivity contribution < 1.29 is 0 Å². The quantitative estimate of drug-likeness (QED) is 0.853. The van der Waals surface area contributed by atoms with Crippen LogP contribution in [0.4, 0.5) is 0 Å². The first-order chi connectivity index (χ1) is 8.84. The van der Waals surface area contributed by atoms with Crippen LogP contribution in [0.15, 0.2) is 60.7 Å². The second-order valence-corrected chi connectivity index (χ2v) is 5.24. The molecule has 92 valence electrons. The lowest BCUT2D eigenvalue weighted by Gasteiger charge is -2.20. The van der Waals surface area contributed by atoms with Gasteiger partial charge in [0, 0.05) is 6.04 Å². The van der Waals surface area contributed by atoms with E-state index in [0.717, 1.165) is 5.92 Å². The highest BCUT2D eigenvalue weighted by Crippen LogP contribution is 2.33. The molecule has 1 aliphatic carbocycles. The van der Waals surface area contributed by atoms with Gasteiger partial charge in [-0.3, -0.25) is 0 Å². The average Bonchev–Trinajstić information content (AvgIpc) is 3.14. The summed E-state index contributed by atoms with van der Waals surface area (Å²) in [6.07, 6.45) is 1.30. The van der Waals surface area contributed by atoms with Gasteiger partial charge in [-0.2, -0.15) is 0 Å². The summed E-state index contributed by atoms with van der Waals surface area (Å²) in [5.74, 6) is 0.819. The fourth-order valence-electron chi connectivity index (χ4n) is 2.44. The van der Waals surface area contributed by atoms with Crippen molar-refractivity contribution >= 4 is 0 Å². The molecule has 1 aliphatic rings. The lowest BCUT2D eigenvalue weighted by atomic mass is 9.98. The molecule has 2 atom stereocenters. The highest BCUT2D eigenvalue weighted by atomic mass is 15.0. The van der Waals surface area contributed by atoms with Gasteiger partial charge in [-0.1, -0.05) is 67.6 Å². The van der Waals surface area contributed by atoms with Crippen LogP contribution in [0.3, 0.4) is 0 Å². The monoisotopic (exact) mass is 237 g/mol. The third-order valence-corrected chi connectivity index (χ3v) is 3.76. The fourth-order valence-corrected chi connectivity index (χ4v) is 2.44. The molecule has 1 saturated carbocycles. The van der Waals surface area contributed by atoms with E-state index >= 15 is 0 Å². The molecule has 2 aromatic rings. The maximum Gasteiger partial charge on any atom is 0.0578 e. The molecular formula is C17H19N. The Morgan fingerprint density at radius 2 is 1.33 bits per heavy atom. The van der Waals surface area contributed by atoms with E-state index in [1.54, 1.807) is 0 Å². The van der Waals surface area contributed by atoms with E-state index in [0.29, 0.717) is 12.1 Å². The van der Waals surface area contributed by atoms with Crippen molar-refractivity contribution in [2.45, 2.75) is 25.4 Å². The Hall–Kier alpha value is -1.60. The van der Waals surface area contributed by atoms with Crippen LogP contribution in [0.5, 0.6) is 0 Å². The summed E-state index contributed by atoms with van der Waals surface area (Å²) >= 11 is 0. The van der Waals surface area contributed by atoms with E-state index in [1.807, 2.05) is 0 Å². The number of benzene rings is 2. The summed E-state index contributed by atoms with van der Waals surface area (Å²) in [5, 5.41) is 3.77. The van der Waals surface area contributed by atoms with Gasteiger partial charge >= 0.3 is 0 Å². The molecule has 0 aromatic heterocycles. The zero-order valence-electron chi connectivity index (χ0n) is 10.7. The Bertz CT molecular complexity index is 452. The molecule has 0 heterocycles. The van der Waals surface area contributed by atoms with E-state index in [9.17, 15) is 0 Å². The molecule has 3 rings (SSSR count). The third-order valence-electron chi connectivity index (χ3n) is 3.76. The van der Waals surface area contributed by atoms with Gasteiger partial charge in [-0.15, -0.1) is 0 Å². The van der Waals surface area contributed by atoms with Gasteiger partial charge < -0.3 is 5.32 Å². The minimum atomic E-state index is 0.322. The Morgan fingerprint density at radius 3 is 1.72 bits per heavy atom. The Morgan fingerprint density at radius 1 is 0.889 bits per heavy atom. The highest BCUT2D eigenvalue weighted by Gasteiger charge is 2.34. The van der Waals surface area contributed by atoms with Crippen LogP contribution in [0, 0.1) is 5.92 Å². The van der Waals surface area contributed by atoms with Crippen molar-refractivity contribution in [3.63, 3.8) is 0 Å². The number of nitrogens with one attached hydrogen (secondary N) is 1. The van der Waals surface area contributed by atoms with Crippen molar-refractivity contribution in [3.8, 4) is 0 Å². The molecular weight excluding hydrogens is 218 g/mol. The summed E-state index contributed by atoms with van der Waals surface area (Å²) in [6, 6.07) is 22.4. The Balaban J connectivity index is 1.89. The highest BCUT2D eigenvalue weighted by molar-refractivity contribution is 5.32. The molecule has 1 heteroatoms. The molecule has 0 amide bonds. The summed E-state index contributed by atoms with van der Waals surface area (Å²) in [6.45, 7) is 2.31. The lowest BCUT2D eigenvalue weighted by Crippen LogP contribution is -2.25. The molecule has 0 spiro atoms. The van der Waals surface area contributed by atoms with Crippen LogP contribution in [-0.4, -0.2) is 6.04 Å². The van der Waals surface area contributed by atoms with Gasteiger partial charge in [-0.25, -0.2) is 0 Å². The topological polar surface area (TPSA) is 12.0 Å². The van der Waals surface area contributed by atoms with Crippen molar-refractivity contribution in [2.75, 3.05) is 0 Å². The standard InChI is InChI=1S/C17H19N/c1-13-12-16(13)18-17(14-8-4-2-5-9-14)15-10-6-3-7-11-15/h2-11,13,16-18H,12H2,1H3. The fraction of sp³-hybridized carbons (Fsp3) is 0.294. The van der Waals surface area contributed by atoms with Gasteiger partial charge in [-0.05, 0) is 23.5 Å². The second-order valence-electron chi connectivity index (χ2n) is 5.24. The predicted molar refractivity (Wildman–Crippen MR) is 75.4 cm³/mol. The van der Waals surface area contributed by atoms with Crippen LogP contribution in [0.2, 0.25) is 0 Å². The normalized spacial score (nSPS) is 22.1. The summed E-state index contributed by atoms with van der Waals surface area (Å²) in [4.78, 5) is 0. The molecule has 0 saturated heterocycles. The largest absolute Gasteiger partial charge is 0.303 e. The first kappa shape index (κ1) is 11.5. The molecule has 18 heavy (non-hydrogen) atoms. The summed E-state index contributed by atoms with van der Waals surface area (Å²) in [7, 11) is 0. The number of hydrogen-bond donors (Lipinski definition) is 1. The van der Waals surface area contributed by atoms with Gasteiger partial charge in [0.25, 0.3) is 0 Å². The van der Waals surface area contributed by atoms with Gasteiger partial charge in [0.2, 0.25) is 0 Å². The predicted octanol–water partition coefficient (Wildman–Crippen LogP) is 3.77. The molecule has 1 N–H and O–H groups in total. The number of hydrogen-bond acceptors (Lipinski definition) is 1. The van der Waals surface area contributed by atoms with E-state index in [4.69, 9.17) is 0 Å². The van der Waals surface area contributed by atoms with E-state index in [-0.39, 0.29) is 0 Å². The lowest BCUT2D eigenvalue weighted by molar-refractivity contribution is 0.579. The molecule has 0 radical (unpaired) electrons. The van der Waals surface area contributed by atoms with Crippen LogP contribution in [-0.2, 0) is 0 Å². The molecule has 1 fully saturated rings. The van der Waals surface area contributed by atoms with Crippen molar-refractivity contribution in [1.29, 1.82) is 0 Å². The van der Waals surface area contributed by atoms with Crippen LogP contribution in [0.1, 0.15) is 30.5 Å². The zero-order chi connectivity index (χ0) is 12.4. The molecule has 0 aliphatic heterocycles. The van der Waals surface area contributed by atoms with Crippen molar-refractivity contribution in [3.05, 3.63) is 71.8 Å².